The van der Waals surface area contributed by atoms with Crippen LogP contribution in [-0.4, -0.2) is 75.9 Å². The second kappa shape index (κ2) is 10.6. The normalized spacial score (nSPS) is 24.2. The van der Waals surface area contributed by atoms with Gasteiger partial charge in [-0.25, -0.2) is 0 Å². The second-order valence-electron chi connectivity index (χ2n) is 7.23. The minimum atomic E-state index is 0.0620. The highest BCUT2D eigenvalue weighted by Gasteiger charge is 2.27. The molecule has 2 saturated heterocycles. The van der Waals surface area contributed by atoms with E-state index in [1.165, 1.54) is 0 Å². The zero-order valence-electron chi connectivity index (χ0n) is 15.9. The average Bonchev–Trinajstić information content (AvgIpc) is 3.27. The van der Waals surface area contributed by atoms with Crippen molar-refractivity contribution < 1.29 is 14.3 Å². The van der Waals surface area contributed by atoms with Gasteiger partial charge in [-0.3, -0.25) is 9.79 Å². The molecule has 0 bridgehead atoms. The first-order valence-electron chi connectivity index (χ1n) is 9.51. The van der Waals surface area contributed by atoms with Crippen LogP contribution in [0.4, 0.5) is 0 Å². The minimum absolute atomic E-state index is 0.0620. The van der Waals surface area contributed by atoms with Gasteiger partial charge in [0.15, 0.2) is 5.96 Å². The molecule has 0 aromatic rings. The first-order valence-corrected chi connectivity index (χ1v) is 9.51. The molecule has 0 spiro atoms. The summed E-state index contributed by atoms with van der Waals surface area (Å²) in [5.41, 5.74) is 0. The van der Waals surface area contributed by atoms with E-state index in [1.54, 1.807) is 7.05 Å². The van der Waals surface area contributed by atoms with E-state index in [4.69, 9.17) is 9.47 Å². The molecule has 2 N–H and O–H groups in total. The van der Waals surface area contributed by atoms with Crippen molar-refractivity contribution in [1.29, 1.82) is 0 Å². The molecule has 2 unspecified atom stereocenters. The van der Waals surface area contributed by atoms with E-state index in [0.717, 1.165) is 71.3 Å². The Labute approximate surface area is 151 Å². The highest BCUT2D eigenvalue weighted by molar-refractivity contribution is 5.81. The van der Waals surface area contributed by atoms with Crippen LogP contribution in [0.5, 0.6) is 0 Å². The predicted molar refractivity (Wildman–Crippen MR) is 98.7 cm³/mol. The van der Waals surface area contributed by atoms with E-state index in [2.05, 4.69) is 15.6 Å². The van der Waals surface area contributed by atoms with Crippen LogP contribution in [0.15, 0.2) is 4.99 Å². The number of nitrogens with zero attached hydrogens (tertiary/aromatic N) is 2. The van der Waals surface area contributed by atoms with E-state index >= 15 is 0 Å². The summed E-state index contributed by atoms with van der Waals surface area (Å²) < 4.78 is 11.0. The smallest absolute Gasteiger partial charge is 0.225 e. The molecule has 0 radical (unpaired) electrons. The van der Waals surface area contributed by atoms with Gasteiger partial charge < -0.3 is 25.0 Å². The Morgan fingerprint density at radius 1 is 1.40 bits per heavy atom. The van der Waals surface area contributed by atoms with Crippen LogP contribution in [0, 0.1) is 11.8 Å². The van der Waals surface area contributed by atoms with Crippen molar-refractivity contribution in [3.8, 4) is 0 Å². The van der Waals surface area contributed by atoms with Crippen LogP contribution in [0.3, 0.4) is 0 Å². The van der Waals surface area contributed by atoms with Gasteiger partial charge in [-0.15, -0.1) is 0 Å². The van der Waals surface area contributed by atoms with Crippen LogP contribution in [-0.2, 0) is 14.3 Å². The van der Waals surface area contributed by atoms with Gasteiger partial charge in [0.25, 0.3) is 0 Å². The van der Waals surface area contributed by atoms with Crippen LogP contribution in [0.1, 0.15) is 33.1 Å². The number of hydrogen-bond acceptors (Lipinski definition) is 4. The first-order chi connectivity index (χ1) is 12.1. The number of ether oxygens (including phenoxy) is 2. The molecule has 2 heterocycles. The number of rotatable bonds is 8. The largest absolute Gasteiger partial charge is 0.381 e. The van der Waals surface area contributed by atoms with Crippen LogP contribution >= 0.6 is 0 Å². The van der Waals surface area contributed by atoms with Crippen molar-refractivity contribution in [1.82, 2.24) is 15.5 Å². The maximum Gasteiger partial charge on any atom is 0.225 e. The predicted octanol–water partition coefficient (Wildman–Crippen LogP) is 0.852. The molecular weight excluding hydrogens is 320 g/mol. The maximum atomic E-state index is 12.0. The third-order valence-electron chi connectivity index (χ3n) is 4.69. The second-order valence-corrected chi connectivity index (χ2v) is 7.23. The lowest BCUT2D eigenvalue weighted by atomic mass is 10.1. The van der Waals surface area contributed by atoms with Gasteiger partial charge in [0.2, 0.25) is 5.91 Å². The van der Waals surface area contributed by atoms with Gasteiger partial charge in [-0.05, 0) is 19.3 Å². The molecule has 0 aliphatic carbocycles. The average molecular weight is 354 g/mol. The fraction of sp³-hybridized carbons (Fsp3) is 0.889. The highest BCUT2D eigenvalue weighted by atomic mass is 16.5. The number of likely N-dealkylation sites (tertiary alicyclic amines) is 1. The molecule has 25 heavy (non-hydrogen) atoms. The van der Waals surface area contributed by atoms with E-state index < -0.39 is 0 Å². The Morgan fingerprint density at radius 2 is 2.24 bits per heavy atom. The van der Waals surface area contributed by atoms with E-state index in [1.807, 2.05) is 18.7 Å². The minimum Gasteiger partial charge on any atom is -0.381 e. The molecule has 2 aliphatic heterocycles. The molecule has 2 aliphatic rings. The van der Waals surface area contributed by atoms with Gasteiger partial charge in [0.1, 0.15) is 0 Å². The zero-order chi connectivity index (χ0) is 18.1. The number of amides is 1. The quantitative estimate of drug-likeness (QED) is 0.384. The monoisotopic (exact) mass is 354 g/mol. The Hall–Kier alpha value is -1.34. The Balaban J connectivity index is 1.55. The molecule has 0 aromatic carbocycles. The van der Waals surface area contributed by atoms with Crippen molar-refractivity contribution in [3.05, 3.63) is 0 Å². The molecule has 0 aromatic heterocycles. The van der Waals surface area contributed by atoms with Crippen molar-refractivity contribution in [2.24, 2.45) is 16.8 Å². The lowest BCUT2D eigenvalue weighted by Crippen LogP contribution is -2.45. The molecule has 0 saturated carbocycles. The SMILES string of the molecule is CN=C(NCCCOCC1CCOC1)NC1CCN(C(=O)C(C)C)C1. The lowest BCUT2D eigenvalue weighted by Gasteiger charge is -2.20. The molecule has 2 rings (SSSR count). The Morgan fingerprint density at radius 3 is 2.92 bits per heavy atom. The number of hydrogen-bond donors (Lipinski definition) is 2. The summed E-state index contributed by atoms with van der Waals surface area (Å²) in [5.74, 6) is 1.67. The topological polar surface area (TPSA) is 75.2 Å². The number of guanidine groups is 1. The van der Waals surface area contributed by atoms with Crippen LogP contribution in [0.2, 0.25) is 0 Å². The third kappa shape index (κ3) is 6.82. The van der Waals surface area contributed by atoms with Crippen LogP contribution < -0.4 is 10.6 Å². The van der Waals surface area contributed by atoms with Crippen molar-refractivity contribution in [2.75, 3.05) is 53.1 Å². The number of carbonyl (C=O) groups excluding carboxylic acids is 1. The number of nitrogens with one attached hydrogen (secondary N) is 2. The lowest BCUT2D eigenvalue weighted by molar-refractivity contribution is -0.133. The molecule has 144 valence electrons. The summed E-state index contributed by atoms with van der Waals surface area (Å²) in [5, 5.41) is 6.74. The van der Waals surface area contributed by atoms with Crippen molar-refractivity contribution in [2.45, 2.75) is 39.2 Å². The summed E-state index contributed by atoms with van der Waals surface area (Å²) >= 11 is 0. The van der Waals surface area contributed by atoms with E-state index in [9.17, 15) is 4.79 Å². The third-order valence-corrected chi connectivity index (χ3v) is 4.69. The molecule has 7 heteroatoms. The Bertz CT molecular complexity index is 436. The fourth-order valence-electron chi connectivity index (χ4n) is 3.18. The summed E-state index contributed by atoms with van der Waals surface area (Å²) in [6.07, 6.45) is 3.02. The van der Waals surface area contributed by atoms with Gasteiger partial charge in [-0.1, -0.05) is 13.8 Å². The highest BCUT2D eigenvalue weighted by Crippen LogP contribution is 2.13. The Kier molecular flexibility index (Phi) is 8.48. The summed E-state index contributed by atoms with van der Waals surface area (Å²) in [4.78, 5) is 18.3. The standard InChI is InChI=1S/C18H34N4O3/c1-14(2)17(23)22-8-5-16(11-22)21-18(19-3)20-7-4-9-24-12-15-6-10-25-13-15/h14-16H,4-13H2,1-3H3,(H2,19,20,21). The number of aliphatic imine (C=N–C) groups is 1. The van der Waals surface area contributed by atoms with Gasteiger partial charge >= 0.3 is 0 Å². The van der Waals surface area contributed by atoms with Crippen molar-refractivity contribution in [3.63, 3.8) is 0 Å². The molecule has 7 nitrogen and oxygen atoms in total. The maximum absolute atomic E-state index is 12.0. The summed E-state index contributed by atoms with van der Waals surface area (Å²) in [6.45, 7) is 9.56. The molecule has 1 amide bonds. The van der Waals surface area contributed by atoms with Crippen molar-refractivity contribution >= 4 is 11.9 Å². The first kappa shape index (κ1) is 20.0. The number of carbonyl (C=O) groups is 1. The molecule has 2 atom stereocenters. The zero-order valence-corrected chi connectivity index (χ0v) is 15.9. The molecule has 2 fully saturated rings. The van der Waals surface area contributed by atoms with Crippen LogP contribution in [0.25, 0.3) is 0 Å². The van der Waals surface area contributed by atoms with Gasteiger partial charge in [0.05, 0.1) is 13.2 Å². The molecular formula is C18H34N4O3. The summed E-state index contributed by atoms with van der Waals surface area (Å²) in [7, 11) is 1.78. The fourth-order valence-corrected chi connectivity index (χ4v) is 3.18. The van der Waals surface area contributed by atoms with E-state index in [-0.39, 0.29) is 17.9 Å². The van der Waals surface area contributed by atoms with E-state index in [0.29, 0.717) is 5.92 Å². The summed E-state index contributed by atoms with van der Waals surface area (Å²) in [6, 6.07) is 0.271. The van der Waals surface area contributed by atoms with Gasteiger partial charge in [0, 0.05) is 57.8 Å². The van der Waals surface area contributed by atoms with Gasteiger partial charge in [-0.2, -0.15) is 0 Å².